The Morgan fingerprint density at radius 2 is 1.75 bits per heavy atom. The second-order valence-electron chi connectivity index (χ2n) is 5.41. The zero-order chi connectivity index (χ0) is 17.7. The van der Waals surface area contributed by atoms with Crippen LogP contribution in [0.5, 0.6) is 0 Å². The van der Waals surface area contributed by atoms with Gasteiger partial charge in [0.1, 0.15) is 0 Å². The lowest BCUT2D eigenvalue weighted by Crippen LogP contribution is -2.24. The number of hydrogen-bond acceptors (Lipinski definition) is 1. The molecule has 128 valence electrons. The fourth-order valence-corrected chi connectivity index (χ4v) is 2.89. The average Bonchev–Trinajstić information content (AvgIpc) is 2.53. The van der Waals surface area contributed by atoms with Crippen LogP contribution in [-0.4, -0.2) is 12.5 Å². The summed E-state index contributed by atoms with van der Waals surface area (Å²) >= 11 is 2.10. The molecule has 1 amide bonds. The highest BCUT2D eigenvalue weighted by molar-refractivity contribution is 14.1. The van der Waals surface area contributed by atoms with E-state index in [2.05, 4.69) is 27.9 Å². The van der Waals surface area contributed by atoms with E-state index in [4.69, 9.17) is 0 Å². The van der Waals surface area contributed by atoms with Crippen LogP contribution in [0.2, 0.25) is 0 Å². The number of rotatable bonds is 5. The van der Waals surface area contributed by atoms with Crippen LogP contribution in [0.15, 0.2) is 42.5 Å². The number of hydrogen-bond donors (Lipinski definition) is 1. The maximum atomic E-state index is 12.6. The van der Waals surface area contributed by atoms with Gasteiger partial charge in [0.2, 0.25) is 0 Å². The lowest BCUT2D eigenvalue weighted by molar-refractivity contribution is -0.137. The van der Waals surface area contributed by atoms with Gasteiger partial charge in [-0.25, -0.2) is 0 Å². The normalized spacial score (nSPS) is 11.4. The van der Waals surface area contributed by atoms with Crippen LogP contribution in [0.3, 0.4) is 0 Å². The monoisotopic (exact) mass is 447 g/mol. The van der Waals surface area contributed by atoms with E-state index in [0.29, 0.717) is 17.7 Å². The smallest absolute Gasteiger partial charge is 0.352 e. The van der Waals surface area contributed by atoms with Crippen molar-refractivity contribution in [3.63, 3.8) is 0 Å². The van der Waals surface area contributed by atoms with Gasteiger partial charge in [-0.15, -0.1) is 0 Å². The minimum absolute atomic E-state index is 0.171. The van der Waals surface area contributed by atoms with E-state index >= 15 is 0 Å². The molecule has 2 aromatic carbocycles. The molecule has 0 bridgehead atoms. The molecule has 6 heteroatoms. The molecule has 0 aliphatic rings. The van der Waals surface area contributed by atoms with Gasteiger partial charge in [-0.2, -0.15) is 13.2 Å². The first-order chi connectivity index (χ1) is 11.3. The summed E-state index contributed by atoms with van der Waals surface area (Å²) in [6.07, 6.45) is -2.46. The molecule has 0 saturated heterocycles. The molecule has 0 saturated carbocycles. The van der Waals surface area contributed by atoms with Gasteiger partial charge in [0.25, 0.3) is 5.91 Å². The van der Waals surface area contributed by atoms with E-state index in [1.165, 1.54) is 12.1 Å². The molecule has 24 heavy (non-hydrogen) atoms. The highest BCUT2D eigenvalue weighted by Gasteiger charge is 2.29. The minimum atomic E-state index is -4.35. The molecule has 2 aromatic rings. The Hall–Kier alpha value is -1.57. The van der Waals surface area contributed by atoms with E-state index in [9.17, 15) is 18.0 Å². The van der Waals surface area contributed by atoms with Crippen molar-refractivity contribution in [2.24, 2.45) is 0 Å². The quantitative estimate of drug-likeness (QED) is 0.476. The molecule has 0 aliphatic carbocycles. The van der Waals surface area contributed by atoms with Crippen molar-refractivity contribution in [3.8, 4) is 11.1 Å². The molecule has 0 atom stereocenters. The topological polar surface area (TPSA) is 29.1 Å². The lowest BCUT2D eigenvalue weighted by Gasteiger charge is -2.10. The molecule has 2 rings (SSSR count). The van der Waals surface area contributed by atoms with Crippen LogP contribution in [0.4, 0.5) is 13.2 Å². The molecule has 0 spiro atoms. The molecule has 0 fully saturated rings. The van der Waals surface area contributed by atoms with Gasteiger partial charge in [0, 0.05) is 15.7 Å². The number of benzene rings is 2. The van der Waals surface area contributed by atoms with Crippen LogP contribution in [0.25, 0.3) is 11.1 Å². The third-order valence-electron chi connectivity index (χ3n) is 3.52. The number of halogens is 4. The molecule has 0 radical (unpaired) electrons. The SMILES string of the molecule is CCCCNC(=O)c1cc(I)cc(-c2ccc(C(F)(F)F)cc2)c1. The molecule has 2 nitrogen and oxygen atoms in total. The standard InChI is InChI=1S/C18H17F3INO/c1-2-3-8-23-17(24)14-9-13(10-16(22)11-14)12-4-6-15(7-5-12)18(19,20)21/h4-7,9-11H,2-3,8H2,1H3,(H,23,24). The Kier molecular flexibility index (Phi) is 6.26. The summed E-state index contributed by atoms with van der Waals surface area (Å²) in [6, 6.07) is 10.2. The Morgan fingerprint density at radius 3 is 2.33 bits per heavy atom. The van der Waals surface area contributed by atoms with Gasteiger partial charge in [-0.3, -0.25) is 4.79 Å². The predicted molar refractivity (Wildman–Crippen MR) is 96.8 cm³/mol. The van der Waals surface area contributed by atoms with E-state index in [1.807, 2.05) is 13.0 Å². The summed E-state index contributed by atoms with van der Waals surface area (Å²) in [6.45, 7) is 2.65. The Labute approximate surface area is 152 Å². The minimum Gasteiger partial charge on any atom is -0.352 e. The zero-order valence-electron chi connectivity index (χ0n) is 13.1. The van der Waals surface area contributed by atoms with E-state index in [-0.39, 0.29) is 5.91 Å². The van der Waals surface area contributed by atoms with Gasteiger partial charge < -0.3 is 5.32 Å². The molecule has 0 aliphatic heterocycles. The van der Waals surface area contributed by atoms with Crippen molar-refractivity contribution < 1.29 is 18.0 Å². The second kappa shape index (κ2) is 8.00. The van der Waals surface area contributed by atoms with Gasteiger partial charge in [-0.1, -0.05) is 25.5 Å². The number of alkyl halides is 3. The molecular weight excluding hydrogens is 430 g/mol. The molecule has 0 unspecified atom stereocenters. The van der Waals surface area contributed by atoms with Crippen molar-refractivity contribution >= 4 is 28.5 Å². The maximum Gasteiger partial charge on any atom is 0.416 e. The third kappa shape index (κ3) is 4.96. The van der Waals surface area contributed by atoms with Crippen LogP contribution in [-0.2, 0) is 6.18 Å². The second-order valence-corrected chi connectivity index (χ2v) is 6.66. The summed E-state index contributed by atoms with van der Waals surface area (Å²) in [7, 11) is 0. The highest BCUT2D eigenvalue weighted by atomic mass is 127. The summed E-state index contributed by atoms with van der Waals surface area (Å²) in [5.41, 5.74) is 1.18. The zero-order valence-corrected chi connectivity index (χ0v) is 15.2. The summed E-state index contributed by atoms with van der Waals surface area (Å²) in [5.74, 6) is -0.171. The number of nitrogens with one attached hydrogen (secondary N) is 1. The molecule has 1 N–H and O–H groups in total. The van der Waals surface area contributed by atoms with Gasteiger partial charge in [0.15, 0.2) is 0 Å². The molecule has 0 aromatic heterocycles. The van der Waals surface area contributed by atoms with Crippen molar-refractivity contribution in [1.29, 1.82) is 0 Å². The predicted octanol–water partition coefficient (Wildman–Crippen LogP) is 5.51. The Morgan fingerprint density at radius 1 is 1.08 bits per heavy atom. The molecule has 0 heterocycles. The van der Waals surface area contributed by atoms with E-state index < -0.39 is 11.7 Å². The van der Waals surface area contributed by atoms with Gasteiger partial charge in [-0.05, 0) is 70.5 Å². The first-order valence-corrected chi connectivity index (χ1v) is 8.65. The van der Waals surface area contributed by atoms with Gasteiger partial charge >= 0.3 is 6.18 Å². The maximum absolute atomic E-state index is 12.6. The van der Waals surface area contributed by atoms with Crippen LogP contribution in [0.1, 0.15) is 35.7 Å². The lowest BCUT2D eigenvalue weighted by atomic mass is 10.0. The average molecular weight is 447 g/mol. The third-order valence-corrected chi connectivity index (χ3v) is 4.14. The van der Waals surface area contributed by atoms with Crippen molar-refractivity contribution in [2.45, 2.75) is 25.9 Å². The van der Waals surface area contributed by atoms with Crippen LogP contribution >= 0.6 is 22.6 Å². The number of unbranched alkanes of at least 4 members (excludes halogenated alkanes) is 1. The van der Waals surface area contributed by atoms with Gasteiger partial charge in [0.05, 0.1) is 5.56 Å². The van der Waals surface area contributed by atoms with E-state index in [0.717, 1.165) is 34.1 Å². The Bertz CT molecular complexity index is 711. The van der Waals surface area contributed by atoms with Crippen LogP contribution in [0, 0.1) is 3.57 Å². The largest absolute Gasteiger partial charge is 0.416 e. The highest BCUT2D eigenvalue weighted by Crippen LogP contribution is 2.31. The Balaban J connectivity index is 2.26. The fourth-order valence-electron chi connectivity index (χ4n) is 2.22. The number of amides is 1. The van der Waals surface area contributed by atoms with E-state index in [1.54, 1.807) is 12.1 Å². The summed E-state index contributed by atoms with van der Waals surface area (Å²) in [4.78, 5) is 12.2. The fraction of sp³-hybridized carbons (Fsp3) is 0.278. The number of carbonyl (C=O) groups is 1. The van der Waals surface area contributed by atoms with Crippen molar-refractivity contribution in [1.82, 2.24) is 5.32 Å². The summed E-state index contributed by atoms with van der Waals surface area (Å²) < 4.78 is 38.8. The van der Waals surface area contributed by atoms with Crippen molar-refractivity contribution in [3.05, 3.63) is 57.2 Å². The van der Waals surface area contributed by atoms with Crippen LogP contribution < -0.4 is 5.32 Å². The molecular formula is C18H17F3INO. The van der Waals surface area contributed by atoms with Crippen molar-refractivity contribution in [2.75, 3.05) is 6.54 Å². The summed E-state index contributed by atoms with van der Waals surface area (Å²) in [5, 5.41) is 2.84. The number of carbonyl (C=O) groups excluding carboxylic acids is 1. The first kappa shape index (κ1) is 18.8. The first-order valence-electron chi connectivity index (χ1n) is 7.57.